The summed E-state index contributed by atoms with van der Waals surface area (Å²) in [4.78, 5) is 43.0. The molecule has 4 aromatic carbocycles. The van der Waals surface area contributed by atoms with Crippen LogP contribution in [0.15, 0.2) is 102 Å². The van der Waals surface area contributed by atoms with Crippen LogP contribution in [-0.4, -0.2) is 23.9 Å². The number of anilines is 1. The van der Waals surface area contributed by atoms with Gasteiger partial charge in [-0.1, -0.05) is 96.5 Å². The summed E-state index contributed by atoms with van der Waals surface area (Å²) in [5.74, 6) is -2.39. The third-order valence-electron chi connectivity index (χ3n) is 9.04. The van der Waals surface area contributed by atoms with Crippen LogP contribution in [-0.2, 0) is 26.2 Å². The molecule has 3 aliphatic carbocycles. The summed E-state index contributed by atoms with van der Waals surface area (Å²) in [6.07, 6.45) is 2.55. The van der Waals surface area contributed by atoms with Crippen molar-refractivity contribution in [1.29, 1.82) is 0 Å². The first kappa shape index (κ1) is 26.4. The van der Waals surface area contributed by atoms with E-state index in [0.717, 1.165) is 33.4 Å². The summed E-state index contributed by atoms with van der Waals surface area (Å²) in [5, 5.41) is 4.95. The molecule has 4 aromatic rings. The molecule has 208 valence electrons. The molecule has 7 heteroatoms. The molecule has 1 fully saturated rings. The molecule has 42 heavy (non-hydrogen) atoms. The van der Waals surface area contributed by atoms with Crippen LogP contribution in [0.1, 0.15) is 45.7 Å². The zero-order valence-electron chi connectivity index (χ0n) is 23.0. The first-order valence-electron chi connectivity index (χ1n) is 14.1. The van der Waals surface area contributed by atoms with Crippen molar-refractivity contribution in [3.63, 3.8) is 0 Å². The minimum Gasteiger partial charge on any atom is -0.274 e. The van der Waals surface area contributed by atoms with Crippen molar-refractivity contribution >= 4 is 41.2 Å². The number of carbonyl (C=O) groups is 3. The molecule has 0 saturated carbocycles. The Bertz CT molecular complexity index is 1740. The molecule has 0 spiro atoms. The van der Waals surface area contributed by atoms with Crippen LogP contribution in [0.3, 0.4) is 0 Å². The first-order chi connectivity index (χ1) is 20.4. The number of carbonyl (C=O) groups excluding carboxylic acids is 3. The maximum Gasteiger partial charge on any atom is 0.240 e. The van der Waals surface area contributed by atoms with Crippen LogP contribution >= 0.6 is 11.6 Å². The van der Waals surface area contributed by atoms with Gasteiger partial charge in [-0.15, -0.1) is 0 Å². The fraction of sp³-hybridized carbons (Fsp3) is 0.200. The number of hydrogen-bond acceptors (Lipinski definition) is 4. The standard InChI is InChI=1S/C35H28ClN3O3/c1-21-15-17-23(36)19-28(21)39-33(41)31-30-24-11-5-7-13-26(24)35(32(31)34(39)42,27-14-8-6-12-25(27)30)20-37-38-29(40)18-16-22-9-3-2-4-10-22/h2-15,17,19-20,30-32H,16,18H2,1H3,(H,38,40)/b37-20-/t30?,31-,32+,35?/m1/s1. The van der Waals surface area contributed by atoms with Crippen LogP contribution in [0, 0.1) is 18.8 Å². The van der Waals surface area contributed by atoms with E-state index in [9.17, 15) is 14.4 Å². The Morgan fingerprint density at radius 2 is 1.55 bits per heavy atom. The zero-order chi connectivity index (χ0) is 29.0. The molecule has 0 aromatic heterocycles. The van der Waals surface area contributed by atoms with E-state index in [0.29, 0.717) is 17.1 Å². The zero-order valence-corrected chi connectivity index (χ0v) is 23.7. The summed E-state index contributed by atoms with van der Waals surface area (Å²) in [5.41, 5.74) is 7.89. The van der Waals surface area contributed by atoms with Crippen molar-refractivity contribution in [2.24, 2.45) is 16.9 Å². The van der Waals surface area contributed by atoms with E-state index < -0.39 is 17.3 Å². The van der Waals surface area contributed by atoms with Gasteiger partial charge < -0.3 is 0 Å². The highest BCUT2D eigenvalue weighted by Gasteiger charge is 2.68. The van der Waals surface area contributed by atoms with Gasteiger partial charge in [0.15, 0.2) is 0 Å². The minimum absolute atomic E-state index is 0.223. The third-order valence-corrected chi connectivity index (χ3v) is 9.27. The summed E-state index contributed by atoms with van der Waals surface area (Å²) in [6.45, 7) is 1.87. The molecule has 0 unspecified atom stereocenters. The van der Waals surface area contributed by atoms with Crippen molar-refractivity contribution in [1.82, 2.24) is 5.43 Å². The number of halogens is 1. The van der Waals surface area contributed by atoms with E-state index in [1.54, 1.807) is 18.3 Å². The third kappa shape index (κ3) is 3.86. The summed E-state index contributed by atoms with van der Waals surface area (Å²) in [7, 11) is 0. The average Bonchev–Trinajstić information content (AvgIpc) is 3.28. The molecule has 1 N–H and O–H groups in total. The van der Waals surface area contributed by atoms with Gasteiger partial charge in [-0.25, -0.2) is 10.3 Å². The highest BCUT2D eigenvalue weighted by Crippen LogP contribution is 2.63. The predicted molar refractivity (Wildman–Crippen MR) is 163 cm³/mol. The van der Waals surface area contributed by atoms with Crippen LogP contribution in [0.2, 0.25) is 5.02 Å². The van der Waals surface area contributed by atoms with E-state index in [4.69, 9.17) is 11.6 Å². The van der Waals surface area contributed by atoms with Crippen molar-refractivity contribution in [2.75, 3.05) is 4.90 Å². The second kappa shape index (κ2) is 10.1. The number of hydrogen-bond donors (Lipinski definition) is 1. The van der Waals surface area contributed by atoms with Crippen LogP contribution in [0.25, 0.3) is 0 Å². The van der Waals surface area contributed by atoms with Gasteiger partial charge in [0.2, 0.25) is 17.7 Å². The normalized spacial score (nSPS) is 23.6. The number of nitrogens with one attached hydrogen (secondary N) is 1. The van der Waals surface area contributed by atoms with Crippen LogP contribution in [0.5, 0.6) is 0 Å². The molecule has 4 aliphatic rings. The van der Waals surface area contributed by atoms with Gasteiger partial charge in [-0.2, -0.15) is 5.10 Å². The van der Waals surface area contributed by atoms with Crippen molar-refractivity contribution in [3.05, 3.63) is 135 Å². The van der Waals surface area contributed by atoms with Crippen molar-refractivity contribution in [3.8, 4) is 0 Å². The monoisotopic (exact) mass is 573 g/mol. The molecule has 2 atom stereocenters. The lowest BCUT2D eigenvalue weighted by Gasteiger charge is -2.52. The largest absolute Gasteiger partial charge is 0.274 e. The molecule has 1 aliphatic heterocycles. The Morgan fingerprint density at radius 1 is 0.905 bits per heavy atom. The van der Waals surface area contributed by atoms with Gasteiger partial charge in [0.1, 0.15) is 0 Å². The van der Waals surface area contributed by atoms with Crippen molar-refractivity contribution in [2.45, 2.75) is 31.1 Å². The van der Waals surface area contributed by atoms with E-state index in [-0.39, 0.29) is 30.1 Å². The molecule has 2 bridgehead atoms. The highest BCUT2D eigenvalue weighted by molar-refractivity contribution is 6.31. The molecule has 3 amide bonds. The lowest BCUT2D eigenvalue weighted by atomic mass is 9.47. The number of nitrogens with zero attached hydrogens (tertiary/aromatic N) is 2. The maximum atomic E-state index is 14.5. The SMILES string of the molecule is Cc1ccc(Cl)cc1N1C(=O)[C@@H]2C3c4ccccc4C(/C=N\NC(=O)CCc4ccccc4)(c4ccccc43)[C@@H]2C1=O. The number of hydrazone groups is 1. The van der Waals surface area contributed by atoms with Crippen molar-refractivity contribution < 1.29 is 14.4 Å². The smallest absolute Gasteiger partial charge is 0.240 e. The fourth-order valence-electron chi connectivity index (χ4n) is 7.28. The Balaban J connectivity index is 1.33. The van der Waals surface area contributed by atoms with Gasteiger partial charge in [0.25, 0.3) is 0 Å². The minimum atomic E-state index is -1.05. The molecule has 1 saturated heterocycles. The molecular weight excluding hydrogens is 546 g/mol. The predicted octanol–water partition coefficient (Wildman–Crippen LogP) is 5.93. The second-order valence-corrected chi connectivity index (χ2v) is 11.7. The summed E-state index contributed by atoms with van der Waals surface area (Å²) in [6, 6.07) is 31.0. The lowest BCUT2D eigenvalue weighted by Crippen LogP contribution is -2.54. The molecule has 0 radical (unpaired) electrons. The number of aryl methyl sites for hydroxylation is 2. The van der Waals surface area contributed by atoms with E-state index in [1.807, 2.05) is 91.9 Å². The number of benzene rings is 4. The second-order valence-electron chi connectivity index (χ2n) is 11.2. The highest BCUT2D eigenvalue weighted by atomic mass is 35.5. The quantitative estimate of drug-likeness (QED) is 0.176. The van der Waals surface area contributed by atoms with E-state index in [2.05, 4.69) is 10.5 Å². The Morgan fingerprint density at radius 3 is 2.24 bits per heavy atom. The van der Waals surface area contributed by atoms with Gasteiger partial charge in [-0.05, 0) is 58.9 Å². The lowest BCUT2D eigenvalue weighted by molar-refractivity contribution is -0.123. The van der Waals surface area contributed by atoms with Crippen LogP contribution < -0.4 is 10.3 Å². The first-order valence-corrected chi connectivity index (χ1v) is 14.5. The van der Waals surface area contributed by atoms with Gasteiger partial charge in [-0.3, -0.25) is 14.4 Å². The fourth-order valence-corrected chi connectivity index (χ4v) is 7.44. The maximum absolute atomic E-state index is 14.5. The Kier molecular flexibility index (Phi) is 6.32. The molecule has 8 rings (SSSR count). The Labute approximate surface area is 249 Å². The Hall–Kier alpha value is -4.55. The topological polar surface area (TPSA) is 78.8 Å². The number of imide groups is 1. The molecule has 6 nitrogen and oxygen atoms in total. The summed E-state index contributed by atoms with van der Waals surface area (Å²) >= 11 is 6.34. The van der Waals surface area contributed by atoms with Gasteiger partial charge in [0, 0.05) is 23.6 Å². The van der Waals surface area contributed by atoms with Gasteiger partial charge in [0.05, 0.1) is 22.9 Å². The molecular formula is C35H28ClN3O3. The van der Waals surface area contributed by atoms with Crippen LogP contribution in [0.4, 0.5) is 5.69 Å². The van der Waals surface area contributed by atoms with E-state index >= 15 is 0 Å². The number of rotatable bonds is 6. The molecule has 1 heterocycles. The average molecular weight is 574 g/mol. The van der Waals surface area contributed by atoms with E-state index in [1.165, 1.54) is 4.90 Å². The summed E-state index contributed by atoms with van der Waals surface area (Å²) < 4.78 is 0. The van der Waals surface area contributed by atoms with Gasteiger partial charge >= 0.3 is 0 Å². The number of amides is 3.